The minimum atomic E-state index is -0.241. The second kappa shape index (κ2) is 8.86. The molecule has 8 heteroatoms. The fourth-order valence-electron chi connectivity index (χ4n) is 4.21. The Kier molecular flexibility index (Phi) is 5.41. The number of nitrogens with one attached hydrogen (secondary N) is 2. The van der Waals surface area contributed by atoms with Crippen LogP contribution in [0.5, 0.6) is 0 Å². The van der Waals surface area contributed by atoms with Gasteiger partial charge in [-0.05, 0) is 61.3 Å². The smallest absolute Gasteiger partial charge is 0.151 e. The molecule has 34 heavy (non-hydrogen) atoms. The van der Waals surface area contributed by atoms with Gasteiger partial charge in [-0.25, -0.2) is 14.4 Å². The summed E-state index contributed by atoms with van der Waals surface area (Å²) in [5.74, 6) is 7.13. The largest absolute Gasteiger partial charge is 0.339 e. The molecule has 6 rings (SSSR count). The SMILES string of the molecule is Fc1cccc(Cn2ncc3cc(Nc4ncnc5cc(C#C[C@H]6CCCN6)sc45)ccc32)c1. The maximum absolute atomic E-state index is 13.5. The molecule has 0 radical (unpaired) electrons. The fraction of sp³-hybridized carbons (Fsp3) is 0.192. The van der Waals surface area contributed by atoms with Gasteiger partial charge in [-0.15, -0.1) is 11.3 Å². The van der Waals surface area contributed by atoms with E-state index in [2.05, 4.69) is 37.5 Å². The van der Waals surface area contributed by atoms with Crippen molar-refractivity contribution in [3.05, 3.63) is 77.3 Å². The van der Waals surface area contributed by atoms with E-state index in [1.165, 1.54) is 18.6 Å². The number of anilines is 2. The predicted octanol–water partition coefficient (Wildman–Crippen LogP) is 5.08. The molecule has 1 atom stereocenters. The van der Waals surface area contributed by atoms with E-state index < -0.39 is 0 Å². The topological polar surface area (TPSA) is 67.7 Å². The molecule has 0 amide bonds. The highest BCUT2D eigenvalue weighted by Gasteiger charge is 2.12. The van der Waals surface area contributed by atoms with E-state index in [0.29, 0.717) is 6.54 Å². The van der Waals surface area contributed by atoms with Crippen LogP contribution in [0.2, 0.25) is 0 Å². The third kappa shape index (κ3) is 4.23. The van der Waals surface area contributed by atoms with Crippen LogP contribution in [0.3, 0.4) is 0 Å². The summed E-state index contributed by atoms with van der Waals surface area (Å²) in [6, 6.07) is 15.0. The summed E-state index contributed by atoms with van der Waals surface area (Å²) >= 11 is 1.60. The molecule has 0 aliphatic carbocycles. The Morgan fingerprint density at radius 2 is 2.15 bits per heavy atom. The van der Waals surface area contributed by atoms with Gasteiger partial charge in [0.25, 0.3) is 0 Å². The first-order valence-corrected chi connectivity index (χ1v) is 12.0. The summed E-state index contributed by atoms with van der Waals surface area (Å²) in [6.45, 7) is 1.55. The standard InChI is InChI=1S/C26H21FN6S/c27-19-4-1-3-17(11-19)15-33-24-9-7-21(12-18(24)14-31-33)32-26-25-23(29-16-30-26)13-22(34-25)8-6-20-5-2-10-28-20/h1,3-4,7,9,11-14,16,20,28H,2,5,10,15H2,(H,29,30,32)/t20-/m1/s1. The number of halogens is 1. The molecule has 3 aromatic heterocycles. The van der Waals surface area contributed by atoms with Gasteiger partial charge in [-0.1, -0.05) is 24.0 Å². The van der Waals surface area contributed by atoms with Crippen molar-refractivity contribution in [3.63, 3.8) is 0 Å². The van der Waals surface area contributed by atoms with Gasteiger partial charge in [0.15, 0.2) is 5.82 Å². The molecule has 2 aromatic carbocycles. The number of benzene rings is 2. The van der Waals surface area contributed by atoms with Crippen molar-refractivity contribution in [2.24, 2.45) is 0 Å². The van der Waals surface area contributed by atoms with Gasteiger partial charge in [0.05, 0.1) is 39.4 Å². The molecule has 6 nitrogen and oxygen atoms in total. The first kappa shape index (κ1) is 20.8. The molecule has 1 fully saturated rings. The first-order chi connectivity index (χ1) is 16.7. The monoisotopic (exact) mass is 468 g/mol. The molecule has 168 valence electrons. The highest BCUT2D eigenvalue weighted by Crippen LogP contribution is 2.31. The summed E-state index contributed by atoms with van der Waals surface area (Å²) in [5, 5.41) is 12.3. The van der Waals surface area contributed by atoms with Gasteiger partial charge in [-0.3, -0.25) is 4.68 Å². The van der Waals surface area contributed by atoms with Crippen molar-refractivity contribution >= 4 is 44.0 Å². The fourth-order valence-corrected chi connectivity index (χ4v) is 5.12. The van der Waals surface area contributed by atoms with Crippen LogP contribution in [0.1, 0.15) is 23.3 Å². The van der Waals surface area contributed by atoms with Gasteiger partial charge < -0.3 is 10.6 Å². The van der Waals surface area contributed by atoms with E-state index in [0.717, 1.165) is 56.0 Å². The first-order valence-electron chi connectivity index (χ1n) is 11.2. The van der Waals surface area contributed by atoms with E-state index in [-0.39, 0.29) is 11.9 Å². The molecule has 0 saturated carbocycles. The second-order valence-corrected chi connectivity index (χ2v) is 9.35. The van der Waals surface area contributed by atoms with Crippen LogP contribution >= 0.6 is 11.3 Å². The molecule has 1 aliphatic heterocycles. The van der Waals surface area contributed by atoms with Crippen molar-refractivity contribution in [3.8, 4) is 11.8 Å². The zero-order chi connectivity index (χ0) is 22.9. The molecule has 1 saturated heterocycles. The van der Waals surface area contributed by atoms with E-state index in [1.807, 2.05) is 41.2 Å². The Hall–Kier alpha value is -3.80. The molecule has 0 unspecified atom stereocenters. The normalized spacial score (nSPS) is 15.5. The maximum Gasteiger partial charge on any atom is 0.151 e. The number of fused-ring (bicyclic) bond motifs is 2. The number of nitrogens with zero attached hydrogens (tertiary/aromatic N) is 4. The molecular formula is C26H21FN6S. The number of hydrogen-bond donors (Lipinski definition) is 2. The van der Waals surface area contributed by atoms with Crippen LogP contribution in [0.4, 0.5) is 15.9 Å². The van der Waals surface area contributed by atoms with Crippen molar-refractivity contribution < 1.29 is 4.39 Å². The minimum Gasteiger partial charge on any atom is -0.339 e. The van der Waals surface area contributed by atoms with Crippen molar-refractivity contribution in [2.75, 3.05) is 11.9 Å². The second-order valence-electron chi connectivity index (χ2n) is 8.30. The highest BCUT2D eigenvalue weighted by molar-refractivity contribution is 7.20. The van der Waals surface area contributed by atoms with Crippen LogP contribution in [0, 0.1) is 17.7 Å². The lowest BCUT2D eigenvalue weighted by molar-refractivity contribution is 0.621. The zero-order valence-corrected chi connectivity index (χ0v) is 19.1. The number of rotatable bonds is 4. The summed E-state index contributed by atoms with van der Waals surface area (Å²) in [5.41, 5.74) is 3.65. The minimum absolute atomic E-state index is 0.241. The van der Waals surface area contributed by atoms with Crippen molar-refractivity contribution in [2.45, 2.75) is 25.4 Å². The van der Waals surface area contributed by atoms with E-state index in [9.17, 15) is 4.39 Å². The van der Waals surface area contributed by atoms with Gasteiger partial charge in [0.1, 0.15) is 12.1 Å². The van der Waals surface area contributed by atoms with Gasteiger partial charge >= 0.3 is 0 Å². The summed E-state index contributed by atoms with van der Waals surface area (Å²) in [4.78, 5) is 9.88. The van der Waals surface area contributed by atoms with Crippen LogP contribution in [0.25, 0.3) is 21.1 Å². The molecule has 0 bridgehead atoms. The summed E-state index contributed by atoms with van der Waals surface area (Å²) in [7, 11) is 0. The number of hydrogen-bond acceptors (Lipinski definition) is 6. The van der Waals surface area contributed by atoms with Crippen LogP contribution in [-0.4, -0.2) is 32.3 Å². The Balaban J connectivity index is 1.25. The lowest BCUT2D eigenvalue weighted by atomic mass is 10.2. The average molecular weight is 469 g/mol. The third-order valence-corrected chi connectivity index (χ3v) is 6.91. The molecule has 1 aliphatic rings. The third-order valence-electron chi connectivity index (χ3n) is 5.87. The average Bonchev–Trinajstić information content (AvgIpc) is 3.58. The molecule has 0 spiro atoms. The summed E-state index contributed by atoms with van der Waals surface area (Å²) < 4.78 is 16.4. The Morgan fingerprint density at radius 3 is 3.03 bits per heavy atom. The predicted molar refractivity (Wildman–Crippen MR) is 134 cm³/mol. The van der Waals surface area contributed by atoms with Gasteiger partial charge in [0, 0.05) is 11.1 Å². The van der Waals surface area contributed by atoms with E-state index in [1.54, 1.807) is 23.7 Å². The highest BCUT2D eigenvalue weighted by atomic mass is 32.1. The van der Waals surface area contributed by atoms with Crippen LogP contribution < -0.4 is 10.6 Å². The quantitative estimate of drug-likeness (QED) is 0.360. The van der Waals surface area contributed by atoms with Crippen molar-refractivity contribution in [1.82, 2.24) is 25.1 Å². The summed E-state index contributed by atoms with van der Waals surface area (Å²) in [6.07, 6.45) is 5.68. The van der Waals surface area contributed by atoms with Gasteiger partial charge in [-0.2, -0.15) is 5.10 Å². The zero-order valence-electron chi connectivity index (χ0n) is 18.3. The van der Waals surface area contributed by atoms with Crippen LogP contribution in [0.15, 0.2) is 61.1 Å². The number of thiophene rings is 1. The van der Waals surface area contributed by atoms with Crippen LogP contribution in [-0.2, 0) is 6.54 Å². The van der Waals surface area contributed by atoms with Gasteiger partial charge in [0.2, 0.25) is 0 Å². The Morgan fingerprint density at radius 1 is 1.18 bits per heavy atom. The Labute approximate surface area is 199 Å². The van der Waals surface area contributed by atoms with E-state index in [4.69, 9.17) is 0 Å². The maximum atomic E-state index is 13.5. The lowest BCUT2D eigenvalue weighted by Crippen LogP contribution is -2.18. The molecule has 4 heterocycles. The Bertz CT molecular complexity index is 1550. The molecular weight excluding hydrogens is 447 g/mol. The van der Waals surface area contributed by atoms with E-state index >= 15 is 0 Å². The molecule has 5 aromatic rings. The molecule has 2 N–H and O–H groups in total. The van der Waals surface area contributed by atoms with Crippen molar-refractivity contribution in [1.29, 1.82) is 0 Å². The number of aromatic nitrogens is 4. The lowest BCUT2D eigenvalue weighted by Gasteiger charge is -2.08.